The Kier molecular flexibility index (Phi) is 8.25. The van der Waals surface area contributed by atoms with Crippen LogP contribution in [-0.4, -0.2) is 38.5 Å². The van der Waals surface area contributed by atoms with Gasteiger partial charge in [0.15, 0.2) is 0 Å². The van der Waals surface area contributed by atoms with Crippen molar-refractivity contribution in [3.8, 4) is 0 Å². The van der Waals surface area contributed by atoms with Gasteiger partial charge in [-0.2, -0.15) is 8.42 Å². The van der Waals surface area contributed by atoms with Crippen LogP contribution in [0.25, 0.3) is 0 Å². The monoisotopic (exact) mass is 323 g/mol. The lowest BCUT2D eigenvalue weighted by molar-refractivity contribution is 0.0497. The predicted octanol–water partition coefficient (Wildman–Crippen LogP) is 2.68. The van der Waals surface area contributed by atoms with Crippen LogP contribution in [0.1, 0.15) is 54.4 Å². The van der Waals surface area contributed by atoms with Crippen LogP contribution in [0.15, 0.2) is 0 Å². The first-order valence-corrected chi connectivity index (χ1v) is 8.89. The van der Waals surface area contributed by atoms with Gasteiger partial charge in [0.05, 0.1) is 12.4 Å². The molecule has 0 heterocycles. The van der Waals surface area contributed by atoms with E-state index in [1.165, 1.54) is 0 Å². The number of ether oxygens (including phenoxy) is 1. The summed E-state index contributed by atoms with van der Waals surface area (Å²) < 4.78 is 33.0. The van der Waals surface area contributed by atoms with Crippen LogP contribution in [0.4, 0.5) is 4.79 Å². The van der Waals surface area contributed by atoms with Crippen LogP contribution < -0.4 is 5.32 Å². The topological polar surface area (TPSA) is 81.7 Å². The van der Waals surface area contributed by atoms with Crippen LogP contribution >= 0.6 is 0 Å². The third-order valence-corrected chi connectivity index (χ3v) is 3.82. The van der Waals surface area contributed by atoms with Crippen LogP contribution in [0.2, 0.25) is 0 Å². The molecular formula is C14H29NO5S. The van der Waals surface area contributed by atoms with Gasteiger partial charge in [-0.05, 0) is 46.5 Å². The molecule has 0 aromatic rings. The van der Waals surface area contributed by atoms with Crippen LogP contribution in [0.3, 0.4) is 0 Å². The number of carbonyl (C=O) groups is 1. The maximum absolute atomic E-state index is 11.8. The third-order valence-electron chi connectivity index (χ3n) is 2.49. The highest BCUT2D eigenvalue weighted by molar-refractivity contribution is 7.86. The second-order valence-corrected chi connectivity index (χ2v) is 8.19. The van der Waals surface area contributed by atoms with Crippen molar-refractivity contribution in [1.29, 1.82) is 0 Å². The molecule has 0 unspecified atom stereocenters. The Morgan fingerprint density at radius 2 is 1.81 bits per heavy atom. The Morgan fingerprint density at radius 3 is 2.24 bits per heavy atom. The molecule has 0 aromatic heterocycles. The fourth-order valence-electron chi connectivity index (χ4n) is 1.82. The van der Waals surface area contributed by atoms with Crippen molar-refractivity contribution in [1.82, 2.24) is 5.32 Å². The molecule has 0 rings (SSSR count). The molecule has 0 saturated carbocycles. The minimum atomic E-state index is -3.53. The number of nitrogens with one attached hydrogen (secondary N) is 1. The van der Waals surface area contributed by atoms with Crippen LogP contribution in [0, 0.1) is 5.92 Å². The number of alkyl carbamates (subject to hydrolysis) is 1. The molecule has 0 aliphatic carbocycles. The van der Waals surface area contributed by atoms with Crippen molar-refractivity contribution in [2.45, 2.75) is 66.0 Å². The molecule has 7 heteroatoms. The fraction of sp³-hybridized carbons (Fsp3) is 0.929. The van der Waals surface area contributed by atoms with Crippen LogP contribution in [-0.2, 0) is 19.0 Å². The first kappa shape index (κ1) is 20.2. The molecule has 0 radical (unpaired) electrons. The number of hydrogen-bond acceptors (Lipinski definition) is 5. The molecule has 0 bridgehead atoms. The standard InChI is InChI=1S/C14H29NO5S/c1-7-19-21(17,18)9-8-12(10-11(2)3)15-13(16)20-14(4,5)6/h11-12H,7-10H2,1-6H3,(H,15,16)/t12-/m0/s1. The summed E-state index contributed by atoms with van der Waals surface area (Å²) in [7, 11) is -3.53. The van der Waals surface area contributed by atoms with Gasteiger partial charge in [-0.3, -0.25) is 4.18 Å². The zero-order valence-corrected chi connectivity index (χ0v) is 14.7. The molecule has 0 fully saturated rings. The van der Waals surface area contributed by atoms with Crippen molar-refractivity contribution in [3.63, 3.8) is 0 Å². The number of carbonyl (C=O) groups excluding carboxylic acids is 1. The van der Waals surface area contributed by atoms with Crippen LogP contribution in [0.5, 0.6) is 0 Å². The normalized spacial score (nSPS) is 14.0. The van der Waals surface area contributed by atoms with E-state index in [4.69, 9.17) is 8.92 Å². The van der Waals surface area contributed by atoms with E-state index in [-0.39, 0.29) is 18.4 Å². The second-order valence-electron chi connectivity index (χ2n) is 6.43. The second kappa shape index (κ2) is 8.58. The van der Waals surface area contributed by atoms with E-state index in [0.717, 1.165) is 0 Å². The molecule has 0 aromatic carbocycles. The Labute approximate surface area is 128 Å². The summed E-state index contributed by atoms with van der Waals surface area (Å²) in [5, 5.41) is 2.74. The van der Waals surface area contributed by atoms with Gasteiger partial charge >= 0.3 is 6.09 Å². The SMILES string of the molecule is CCOS(=O)(=O)CC[C@@H](CC(C)C)NC(=O)OC(C)(C)C. The van der Waals surface area contributed by atoms with Gasteiger partial charge in [0.2, 0.25) is 0 Å². The molecule has 1 atom stereocenters. The summed E-state index contributed by atoms with van der Waals surface area (Å²) in [6.45, 7) is 11.1. The predicted molar refractivity (Wildman–Crippen MR) is 82.6 cm³/mol. The van der Waals surface area contributed by atoms with Crippen molar-refractivity contribution in [2.75, 3.05) is 12.4 Å². The van der Waals surface area contributed by atoms with Gasteiger partial charge in [-0.1, -0.05) is 13.8 Å². The van der Waals surface area contributed by atoms with Gasteiger partial charge in [-0.25, -0.2) is 4.79 Å². The van der Waals surface area contributed by atoms with Gasteiger partial charge < -0.3 is 10.1 Å². The van der Waals surface area contributed by atoms with E-state index in [1.54, 1.807) is 27.7 Å². The molecule has 1 N–H and O–H groups in total. The zero-order valence-electron chi connectivity index (χ0n) is 13.9. The highest BCUT2D eigenvalue weighted by Gasteiger charge is 2.22. The van der Waals surface area contributed by atoms with E-state index in [2.05, 4.69) is 5.32 Å². The largest absolute Gasteiger partial charge is 0.444 e. The van der Waals surface area contributed by atoms with Gasteiger partial charge in [0, 0.05) is 6.04 Å². The molecule has 6 nitrogen and oxygen atoms in total. The van der Waals surface area contributed by atoms with E-state index in [0.29, 0.717) is 18.8 Å². The average Bonchev–Trinajstić information content (AvgIpc) is 2.22. The fourth-order valence-corrected chi connectivity index (χ4v) is 2.87. The summed E-state index contributed by atoms with van der Waals surface area (Å²) in [6, 6.07) is -0.255. The summed E-state index contributed by atoms with van der Waals surface area (Å²) in [5.74, 6) is 0.216. The highest BCUT2D eigenvalue weighted by Crippen LogP contribution is 2.12. The first-order chi connectivity index (χ1) is 9.45. The zero-order chi connectivity index (χ0) is 16.7. The Morgan fingerprint density at radius 1 is 1.24 bits per heavy atom. The van der Waals surface area contributed by atoms with Crippen molar-refractivity contribution in [2.24, 2.45) is 5.92 Å². The molecule has 0 aliphatic heterocycles. The molecule has 0 aliphatic rings. The maximum Gasteiger partial charge on any atom is 0.407 e. The van der Waals surface area contributed by atoms with Gasteiger partial charge in [0.1, 0.15) is 5.60 Å². The summed E-state index contributed by atoms with van der Waals surface area (Å²) in [4.78, 5) is 11.8. The van der Waals surface area contributed by atoms with Crippen molar-refractivity contribution in [3.05, 3.63) is 0 Å². The smallest absolute Gasteiger partial charge is 0.407 e. The van der Waals surface area contributed by atoms with E-state index in [9.17, 15) is 13.2 Å². The summed E-state index contributed by atoms with van der Waals surface area (Å²) >= 11 is 0. The molecule has 0 spiro atoms. The molecule has 0 saturated heterocycles. The van der Waals surface area contributed by atoms with Gasteiger partial charge in [0.25, 0.3) is 10.1 Å². The maximum atomic E-state index is 11.8. The molecule has 126 valence electrons. The van der Waals surface area contributed by atoms with E-state index < -0.39 is 21.8 Å². The Hall–Kier alpha value is -0.820. The number of amides is 1. The minimum Gasteiger partial charge on any atom is -0.444 e. The first-order valence-electron chi connectivity index (χ1n) is 7.31. The molecule has 21 heavy (non-hydrogen) atoms. The lowest BCUT2D eigenvalue weighted by Crippen LogP contribution is -2.40. The summed E-state index contributed by atoms with van der Waals surface area (Å²) in [6.07, 6.45) is 0.461. The highest BCUT2D eigenvalue weighted by atomic mass is 32.2. The Bertz CT molecular complexity index is 412. The number of rotatable bonds is 8. The quantitative estimate of drug-likeness (QED) is 0.695. The lowest BCUT2D eigenvalue weighted by Gasteiger charge is -2.24. The van der Waals surface area contributed by atoms with E-state index >= 15 is 0 Å². The number of hydrogen-bond donors (Lipinski definition) is 1. The minimum absolute atomic E-state index is 0.117. The lowest BCUT2D eigenvalue weighted by atomic mass is 10.0. The van der Waals surface area contributed by atoms with E-state index in [1.807, 2.05) is 13.8 Å². The summed E-state index contributed by atoms with van der Waals surface area (Å²) in [5.41, 5.74) is -0.580. The van der Waals surface area contributed by atoms with Crippen molar-refractivity contribution >= 4 is 16.2 Å². The molecule has 1 amide bonds. The molecular weight excluding hydrogens is 294 g/mol. The van der Waals surface area contributed by atoms with Crippen molar-refractivity contribution < 1.29 is 22.1 Å². The third kappa shape index (κ3) is 11.5. The average molecular weight is 323 g/mol. The van der Waals surface area contributed by atoms with Gasteiger partial charge in [-0.15, -0.1) is 0 Å². The Balaban J connectivity index is 4.56.